The molecule has 182 valence electrons. The number of thioether (sulfide) groups is 1. The van der Waals surface area contributed by atoms with Crippen LogP contribution in [0.1, 0.15) is 88.4 Å². The molecule has 4 rings (SSSR count). The Morgan fingerprint density at radius 3 is 2.33 bits per heavy atom. The van der Waals surface area contributed by atoms with Crippen LogP contribution in [0.2, 0.25) is 0 Å². The summed E-state index contributed by atoms with van der Waals surface area (Å²) in [5.74, 6) is 1.02. The van der Waals surface area contributed by atoms with Gasteiger partial charge in [-0.05, 0) is 80.2 Å². The van der Waals surface area contributed by atoms with Gasteiger partial charge in [-0.15, -0.1) is 12.4 Å². The molecule has 0 spiro atoms. The zero-order chi connectivity index (χ0) is 22.6. The lowest BCUT2D eigenvalue weighted by Crippen LogP contribution is -2.32. The van der Waals surface area contributed by atoms with Crippen LogP contribution < -0.4 is 4.74 Å². The van der Waals surface area contributed by atoms with Crippen molar-refractivity contribution in [3.05, 3.63) is 59.2 Å². The summed E-state index contributed by atoms with van der Waals surface area (Å²) in [6, 6.07) is 16.6. The maximum Gasteiger partial charge on any atom is 0.158 e. The van der Waals surface area contributed by atoms with Crippen LogP contribution in [0.3, 0.4) is 0 Å². The van der Waals surface area contributed by atoms with E-state index in [4.69, 9.17) is 4.74 Å². The van der Waals surface area contributed by atoms with Crippen molar-refractivity contribution in [1.82, 2.24) is 4.90 Å². The van der Waals surface area contributed by atoms with Crippen molar-refractivity contribution < 1.29 is 9.84 Å². The largest absolute Gasteiger partial charge is 0.475 e. The van der Waals surface area contributed by atoms with Gasteiger partial charge in [-0.2, -0.15) is 0 Å². The topological polar surface area (TPSA) is 32.7 Å². The van der Waals surface area contributed by atoms with Crippen LogP contribution in [0.4, 0.5) is 0 Å². The molecular weight excluding hydrogens is 450 g/mol. The number of aliphatic hydroxyl groups excluding tert-OH is 1. The number of aryl methyl sites for hydroxylation is 2. The molecule has 2 unspecified atom stereocenters. The van der Waals surface area contributed by atoms with Gasteiger partial charge in [0.25, 0.3) is 0 Å². The summed E-state index contributed by atoms with van der Waals surface area (Å²) < 4.78 is 6.30. The molecule has 0 aromatic heterocycles. The molecule has 1 saturated heterocycles. The van der Waals surface area contributed by atoms with Gasteiger partial charge in [0, 0.05) is 12.1 Å². The van der Waals surface area contributed by atoms with E-state index in [1.54, 1.807) is 0 Å². The lowest BCUT2D eigenvalue weighted by Gasteiger charge is -2.28. The molecule has 1 N–H and O–H groups in total. The Bertz CT molecular complexity index is 884. The highest BCUT2D eigenvalue weighted by molar-refractivity contribution is 8.00. The Labute approximate surface area is 210 Å². The summed E-state index contributed by atoms with van der Waals surface area (Å²) >= 11 is 1.88. The van der Waals surface area contributed by atoms with Crippen molar-refractivity contribution in [1.29, 1.82) is 0 Å². The Morgan fingerprint density at radius 1 is 1.00 bits per heavy atom. The van der Waals surface area contributed by atoms with Gasteiger partial charge in [-0.1, -0.05) is 69.3 Å². The molecule has 2 aromatic rings. The van der Waals surface area contributed by atoms with E-state index in [1.165, 1.54) is 40.8 Å². The molecule has 0 aliphatic carbocycles. The fourth-order valence-corrected chi connectivity index (χ4v) is 6.49. The first-order valence-electron chi connectivity index (χ1n) is 12.6. The van der Waals surface area contributed by atoms with E-state index in [0.29, 0.717) is 12.1 Å². The number of benzene rings is 2. The molecule has 2 heterocycles. The number of hydrogen-bond acceptors (Lipinski definition) is 4. The quantitative estimate of drug-likeness (QED) is 0.373. The summed E-state index contributed by atoms with van der Waals surface area (Å²) in [6.45, 7) is 6.78. The van der Waals surface area contributed by atoms with Crippen molar-refractivity contribution in [2.45, 2.75) is 100 Å². The molecule has 3 nitrogen and oxygen atoms in total. The Morgan fingerprint density at radius 2 is 1.70 bits per heavy atom. The summed E-state index contributed by atoms with van der Waals surface area (Å²) in [4.78, 5) is 3.46. The van der Waals surface area contributed by atoms with Crippen LogP contribution >= 0.6 is 24.2 Å². The molecule has 0 saturated carbocycles. The average molecular weight is 490 g/mol. The molecule has 1 fully saturated rings. The highest BCUT2D eigenvalue weighted by Crippen LogP contribution is 2.52. The molecule has 2 aromatic carbocycles. The lowest BCUT2D eigenvalue weighted by atomic mass is 10.0. The number of nitrogens with zero attached hydrogens (tertiary/aromatic N) is 1. The second-order valence-corrected chi connectivity index (χ2v) is 10.8. The number of hydrogen-bond donors (Lipinski definition) is 1. The van der Waals surface area contributed by atoms with Gasteiger partial charge in [-0.3, -0.25) is 4.90 Å². The SMILES string of the molecule is CCCCc1ccc(CCC2CCC(c3ccc4c(c3)SC(CC)(CC)O4)N2CO)cc1.Cl. The maximum absolute atomic E-state index is 10.2. The third kappa shape index (κ3) is 5.90. The number of aliphatic hydroxyl groups is 1. The number of unbranched alkanes of at least 4 members (excludes halogenated alkanes) is 1. The fraction of sp³-hybridized carbons (Fsp3) is 0.571. The molecule has 2 aliphatic rings. The van der Waals surface area contributed by atoms with E-state index in [1.807, 2.05) is 11.8 Å². The van der Waals surface area contributed by atoms with Gasteiger partial charge >= 0.3 is 0 Å². The summed E-state index contributed by atoms with van der Waals surface area (Å²) in [5, 5.41) is 10.2. The van der Waals surface area contributed by atoms with Crippen molar-refractivity contribution in [3.8, 4) is 5.75 Å². The van der Waals surface area contributed by atoms with Crippen molar-refractivity contribution in [3.63, 3.8) is 0 Å². The minimum atomic E-state index is -0.109. The standard InChI is InChI=1S/C28H39NO2S.ClH/c1-4-7-8-21-9-11-22(12-10-21)13-15-24-16-17-25(29(24)20-30)23-14-18-26-27(19-23)32-28(5-2,6-3)31-26;/h9-12,14,18-19,24-25,30H,4-8,13,15-17,20H2,1-3H3;1H. The molecular formula is C28H40ClNO2S. The normalized spacial score (nSPS) is 21.5. The Kier molecular flexibility index (Phi) is 9.58. The number of fused-ring (bicyclic) bond motifs is 1. The van der Waals surface area contributed by atoms with E-state index in [-0.39, 0.29) is 24.1 Å². The monoisotopic (exact) mass is 489 g/mol. The number of likely N-dealkylation sites (tertiary alicyclic amines) is 1. The summed E-state index contributed by atoms with van der Waals surface area (Å²) in [7, 11) is 0. The van der Waals surface area contributed by atoms with Gasteiger partial charge in [0.05, 0.1) is 11.6 Å². The van der Waals surface area contributed by atoms with Crippen LogP contribution in [0, 0.1) is 0 Å². The highest BCUT2D eigenvalue weighted by Gasteiger charge is 2.39. The van der Waals surface area contributed by atoms with Crippen LogP contribution in [0.25, 0.3) is 0 Å². The van der Waals surface area contributed by atoms with E-state index in [9.17, 15) is 5.11 Å². The van der Waals surface area contributed by atoms with Gasteiger partial charge < -0.3 is 9.84 Å². The highest BCUT2D eigenvalue weighted by atomic mass is 35.5. The maximum atomic E-state index is 10.2. The van der Waals surface area contributed by atoms with Crippen LogP contribution in [0.15, 0.2) is 47.4 Å². The van der Waals surface area contributed by atoms with E-state index in [0.717, 1.165) is 44.3 Å². The van der Waals surface area contributed by atoms with Gasteiger partial charge in [0.1, 0.15) is 5.75 Å². The third-order valence-electron chi connectivity index (χ3n) is 7.44. The van der Waals surface area contributed by atoms with E-state index in [2.05, 4.69) is 68.1 Å². The van der Waals surface area contributed by atoms with Gasteiger partial charge in [0.15, 0.2) is 4.93 Å². The molecule has 5 heteroatoms. The zero-order valence-corrected chi connectivity index (χ0v) is 22.0. The molecule has 0 bridgehead atoms. The summed E-state index contributed by atoms with van der Waals surface area (Å²) in [5.41, 5.74) is 4.18. The first-order valence-corrected chi connectivity index (χ1v) is 13.4. The molecule has 2 aliphatic heterocycles. The smallest absolute Gasteiger partial charge is 0.158 e. The van der Waals surface area contributed by atoms with Crippen LogP contribution in [-0.2, 0) is 12.8 Å². The second kappa shape index (κ2) is 12.0. The van der Waals surface area contributed by atoms with Gasteiger partial charge in [0.2, 0.25) is 0 Å². The van der Waals surface area contributed by atoms with Gasteiger partial charge in [-0.25, -0.2) is 0 Å². The first-order chi connectivity index (χ1) is 15.6. The Hall–Kier alpha value is -1.20. The third-order valence-corrected chi connectivity index (χ3v) is 9.01. The van der Waals surface area contributed by atoms with E-state index >= 15 is 0 Å². The minimum absolute atomic E-state index is 0. The van der Waals surface area contributed by atoms with Crippen molar-refractivity contribution in [2.75, 3.05) is 6.73 Å². The molecule has 0 amide bonds. The first kappa shape index (κ1) is 26.4. The predicted molar refractivity (Wildman–Crippen MR) is 142 cm³/mol. The van der Waals surface area contributed by atoms with Crippen molar-refractivity contribution >= 4 is 24.2 Å². The Balaban J connectivity index is 0.00000306. The second-order valence-electron chi connectivity index (χ2n) is 9.39. The lowest BCUT2D eigenvalue weighted by molar-refractivity contribution is 0.0596. The zero-order valence-electron chi connectivity index (χ0n) is 20.4. The predicted octanol–water partition coefficient (Wildman–Crippen LogP) is 7.54. The van der Waals surface area contributed by atoms with Crippen LogP contribution in [0.5, 0.6) is 5.75 Å². The minimum Gasteiger partial charge on any atom is -0.475 e. The van der Waals surface area contributed by atoms with Crippen LogP contribution in [-0.4, -0.2) is 27.7 Å². The average Bonchev–Trinajstić information content (AvgIpc) is 3.42. The fourth-order valence-electron chi connectivity index (χ4n) is 5.26. The number of ether oxygens (including phenoxy) is 1. The molecule has 33 heavy (non-hydrogen) atoms. The molecule has 2 atom stereocenters. The summed E-state index contributed by atoms with van der Waals surface area (Å²) in [6.07, 6.45) is 10.1. The molecule has 0 radical (unpaired) electrons. The van der Waals surface area contributed by atoms with Crippen molar-refractivity contribution in [2.24, 2.45) is 0 Å². The van der Waals surface area contributed by atoms with E-state index < -0.39 is 0 Å². The number of rotatable bonds is 10. The number of halogens is 1.